The van der Waals surface area contributed by atoms with Crippen LogP contribution in [0.15, 0.2) is 30.3 Å². The van der Waals surface area contributed by atoms with Gasteiger partial charge in [-0.05, 0) is 0 Å². The first-order valence-electron chi connectivity index (χ1n) is 2.82. The van der Waals surface area contributed by atoms with E-state index in [-0.39, 0.29) is 18.6 Å². The normalized spacial score (nSPS) is 6.44. The minimum Gasteiger partial charge on any atom is -0.335 e. The van der Waals surface area contributed by atoms with Crippen LogP contribution >= 0.6 is 0 Å². The third-order valence-electron chi connectivity index (χ3n) is 0.556. The zero-order valence-corrected chi connectivity index (χ0v) is 7.31. The van der Waals surface area contributed by atoms with E-state index in [2.05, 4.69) is 0 Å². The Morgan fingerprint density at radius 3 is 1.56 bits per heavy atom. The van der Waals surface area contributed by atoms with Gasteiger partial charge in [0.15, 0.2) is 0 Å². The Balaban J connectivity index is 0. The van der Waals surface area contributed by atoms with Gasteiger partial charge < -0.3 is 6.42 Å². The second-order valence-electron chi connectivity index (χ2n) is 1.54. The predicted octanol–water partition coefficient (Wildman–Crippen LogP) is 2.63. The zero-order chi connectivity index (χ0) is 6.24. The third kappa shape index (κ3) is 11.5. The molecule has 0 atom stereocenters. The quantitative estimate of drug-likeness (QED) is 0.510. The van der Waals surface area contributed by atoms with Crippen LogP contribution in [0.5, 0.6) is 0 Å². The monoisotopic (exact) mass is 159 g/mol. The molecule has 0 saturated heterocycles. The second kappa shape index (κ2) is 10.8. The van der Waals surface area contributed by atoms with Gasteiger partial charge in [-0.25, -0.2) is 12.1 Å². The van der Waals surface area contributed by atoms with Gasteiger partial charge >= 0.3 is 18.6 Å². The first-order chi connectivity index (χ1) is 3.91. The third-order valence-corrected chi connectivity index (χ3v) is 0.556. The summed E-state index contributed by atoms with van der Waals surface area (Å²) in [5.41, 5.74) is 0. The minimum absolute atomic E-state index is 0. The predicted molar refractivity (Wildman–Crippen MR) is 37.7 cm³/mol. The van der Waals surface area contributed by atoms with E-state index in [0.29, 0.717) is 0 Å². The Labute approximate surface area is 69.5 Å². The van der Waals surface area contributed by atoms with Gasteiger partial charge in [0.1, 0.15) is 0 Å². The molecule has 0 aromatic heterocycles. The fourth-order valence-corrected chi connectivity index (χ4v) is 0.321. The van der Waals surface area contributed by atoms with Crippen LogP contribution in [-0.2, 0) is 18.6 Å². The van der Waals surface area contributed by atoms with Crippen molar-refractivity contribution < 1.29 is 18.6 Å². The van der Waals surface area contributed by atoms with Crippen LogP contribution in [-0.4, -0.2) is 0 Å². The van der Waals surface area contributed by atoms with E-state index in [1.54, 1.807) is 0 Å². The Hall–Kier alpha value is -0.0656. The Bertz CT molecular complexity index is 71.5. The van der Waals surface area contributed by atoms with Crippen molar-refractivity contribution in [1.29, 1.82) is 0 Å². The maximum absolute atomic E-state index is 2.00. The molecule has 49 valence electrons. The summed E-state index contributed by atoms with van der Waals surface area (Å²) in [7, 11) is 0. The van der Waals surface area contributed by atoms with Crippen LogP contribution in [0.1, 0.15) is 13.8 Å². The number of hydrogen-bond donors (Lipinski definition) is 0. The molecule has 0 spiro atoms. The summed E-state index contributed by atoms with van der Waals surface area (Å²) in [6, 6.07) is 10.0. The van der Waals surface area contributed by atoms with Crippen molar-refractivity contribution in [3.8, 4) is 0 Å². The average molecular weight is 159 g/mol. The molecule has 1 aromatic rings. The average Bonchev–Trinajstić information content (AvgIpc) is 2.17. The fourth-order valence-electron chi connectivity index (χ4n) is 0.321. The van der Waals surface area contributed by atoms with Crippen LogP contribution < -0.4 is 0 Å². The summed E-state index contributed by atoms with van der Waals surface area (Å²) in [6.45, 7) is 4.00. The van der Waals surface area contributed by atoms with E-state index >= 15 is 0 Å². The molecule has 0 nitrogen and oxygen atoms in total. The zero-order valence-electron chi connectivity index (χ0n) is 5.91. The summed E-state index contributed by atoms with van der Waals surface area (Å²) in [5, 5.41) is 0. The molecule has 0 saturated carbocycles. The molecule has 0 unspecified atom stereocenters. The molecule has 0 aliphatic rings. The van der Waals surface area contributed by atoms with E-state index in [4.69, 9.17) is 0 Å². The van der Waals surface area contributed by atoms with Gasteiger partial charge in [-0.2, -0.15) is 32.0 Å². The molecule has 9 heavy (non-hydrogen) atoms. The molecular formula is C8H12V. The SMILES string of the molecule is C[CH-]C.[V+2].c1cc[cH-]c1. The van der Waals surface area contributed by atoms with Crippen LogP contribution in [0, 0.1) is 6.42 Å². The van der Waals surface area contributed by atoms with Crippen LogP contribution in [0.4, 0.5) is 0 Å². The minimum atomic E-state index is 0. The molecule has 1 radical (unpaired) electrons. The molecular weight excluding hydrogens is 147 g/mol. The molecule has 1 aromatic carbocycles. The molecule has 1 heteroatoms. The molecule has 0 bridgehead atoms. The number of hydrogen-bond acceptors (Lipinski definition) is 0. The van der Waals surface area contributed by atoms with Crippen molar-refractivity contribution in [2.24, 2.45) is 0 Å². The standard InChI is InChI=1S/C5H5.C3H7.V/c1-2-4-5-3-1;1-3-2;/h1-5H;3H,1-2H3;/q2*-1;+2. The van der Waals surface area contributed by atoms with Crippen molar-refractivity contribution in [2.45, 2.75) is 13.8 Å². The van der Waals surface area contributed by atoms with E-state index in [1.807, 2.05) is 50.6 Å². The second-order valence-corrected chi connectivity index (χ2v) is 1.54. The summed E-state index contributed by atoms with van der Waals surface area (Å²) in [6.07, 6.45) is 2.00. The topological polar surface area (TPSA) is 0 Å². The fraction of sp³-hybridized carbons (Fsp3) is 0.250. The van der Waals surface area contributed by atoms with E-state index < -0.39 is 0 Å². The summed E-state index contributed by atoms with van der Waals surface area (Å²) >= 11 is 0. The van der Waals surface area contributed by atoms with Crippen molar-refractivity contribution >= 4 is 0 Å². The largest absolute Gasteiger partial charge is 2.00 e. The van der Waals surface area contributed by atoms with Crippen molar-refractivity contribution in [2.75, 3.05) is 0 Å². The first kappa shape index (κ1) is 11.7. The molecule has 0 N–H and O–H groups in total. The van der Waals surface area contributed by atoms with E-state index in [1.165, 1.54) is 0 Å². The van der Waals surface area contributed by atoms with Crippen molar-refractivity contribution in [3.63, 3.8) is 0 Å². The Morgan fingerprint density at radius 2 is 1.44 bits per heavy atom. The van der Waals surface area contributed by atoms with Crippen LogP contribution in [0.25, 0.3) is 0 Å². The number of rotatable bonds is 0. The summed E-state index contributed by atoms with van der Waals surface area (Å²) < 4.78 is 0. The van der Waals surface area contributed by atoms with E-state index in [0.717, 1.165) is 0 Å². The first-order valence-corrected chi connectivity index (χ1v) is 2.82. The smallest absolute Gasteiger partial charge is 0.335 e. The molecule has 0 heterocycles. The van der Waals surface area contributed by atoms with Gasteiger partial charge in [-0.15, -0.1) is 0 Å². The van der Waals surface area contributed by atoms with Crippen LogP contribution in [0.2, 0.25) is 0 Å². The maximum Gasteiger partial charge on any atom is 2.00 e. The summed E-state index contributed by atoms with van der Waals surface area (Å²) in [4.78, 5) is 0. The van der Waals surface area contributed by atoms with Crippen molar-refractivity contribution in [1.82, 2.24) is 0 Å². The Kier molecular flexibility index (Phi) is 14.1. The molecule has 0 aliphatic heterocycles. The van der Waals surface area contributed by atoms with Gasteiger partial charge in [0, 0.05) is 0 Å². The van der Waals surface area contributed by atoms with Gasteiger partial charge in [0.2, 0.25) is 0 Å². The van der Waals surface area contributed by atoms with E-state index in [9.17, 15) is 0 Å². The Morgan fingerprint density at radius 1 is 1.11 bits per heavy atom. The van der Waals surface area contributed by atoms with Gasteiger partial charge in [0.25, 0.3) is 0 Å². The molecule has 0 fully saturated rings. The van der Waals surface area contributed by atoms with Gasteiger partial charge in [0.05, 0.1) is 0 Å². The summed E-state index contributed by atoms with van der Waals surface area (Å²) in [5.74, 6) is 0. The maximum atomic E-state index is 2.00. The van der Waals surface area contributed by atoms with Crippen LogP contribution in [0.3, 0.4) is 0 Å². The van der Waals surface area contributed by atoms with Crippen molar-refractivity contribution in [3.05, 3.63) is 36.8 Å². The van der Waals surface area contributed by atoms with Gasteiger partial charge in [-0.3, -0.25) is 0 Å². The van der Waals surface area contributed by atoms with Gasteiger partial charge in [-0.1, -0.05) is 0 Å². The molecule has 0 aliphatic carbocycles. The molecule has 0 amide bonds. The molecule has 1 rings (SSSR count).